The summed E-state index contributed by atoms with van der Waals surface area (Å²) in [5, 5.41) is 12.9. The van der Waals surface area contributed by atoms with E-state index in [1.807, 2.05) is 6.07 Å². The molecule has 1 aromatic heterocycles. The second-order valence-corrected chi connectivity index (χ2v) is 8.26. The van der Waals surface area contributed by atoms with Crippen LogP contribution >= 0.6 is 34.8 Å². The predicted octanol–water partition coefficient (Wildman–Crippen LogP) is 5.00. The number of benzene rings is 1. The van der Waals surface area contributed by atoms with Gasteiger partial charge in [-0.05, 0) is 44.6 Å². The molecule has 0 saturated carbocycles. The molecule has 1 unspecified atom stereocenters. The monoisotopic (exact) mass is 475 g/mol. The highest BCUT2D eigenvalue weighted by molar-refractivity contribution is 6.40. The van der Waals surface area contributed by atoms with Gasteiger partial charge in [0.2, 0.25) is 0 Å². The Morgan fingerprint density at radius 1 is 1.10 bits per heavy atom. The molecule has 9 heteroatoms. The number of Topliss-reactive ketones (excluding diaryl/α,β-unsaturated/α-hetero) is 2. The zero-order valence-corrected chi connectivity index (χ0v) is 19.0. The first-order valence-corrected chi connectivity index (χ1v) is 10.3. The molecule has 1 aromatic carbocycles. The zero-order chi connectivity index (χ0) is 23.0. The number of nitrogens with zero attached hydrogens (tertiary/aromatic N) is 2. The van der Waals surface area contributed by atoms with Crippen LogP contribution in [0.25, 0.3) is 11.8 Å². The largest absolute Gasteiger partial charge is 0.295 e. The van der Waals surface area contributed by atoms with E-state index in [1.54, 1.807) is 13.8 Å². The van der Waals surface area contributed by atoms with Crippen molar-refractivity contribution in [3.8, 4) is 11.8 Å². The number of carbonyl (C=O) groups is 2. The Labute approximate surface area is 193 Å². The molecule has 1 aliphatic rings. The van der Waals surface area contributed by atoms with E-state index in [0.717, 1.165) is 0 Å². The van der Waals surface area contributed by atoms with Gasteiger partial charge in [-0.2, -0.15) is 5.26 Å². The number of allylic oxidation sites excluding steroid dienone is 5. The van der Waals surface area contributed by atoms with Gasteiger partial charge in [0.15, 0.2) is 11.6 Å². The molecule has 31 heavy (non-hydrogen) atoms. The van der Waals surface area contributed by atoms with Gasteiger partial charge in [-0.1, -0.05) is 47.0 Å². The molecule has 158 valence electrons. The van der Waals surface area contributed by atoms with Gasteiger partial charge in [-0.3, -0.25) is 19.5 Å². The number of aromatic amines is 1. The number of hydrogen-bond acceptors (Lipinski definition) is 4. The van der Waals surface area contributed by atoms with Gasteiger partial charge in [-0.15, -0.1) is 0 Å². The van der Waals surface area contributed by atoms with Crippen LogP contribution in [0.5, 0.6) is 0 Å². The van der Waals surface area contributed by atoms with Crippen LogP contribution < -0.4 is 5.56 Å². The van der Waals surface area contributed by atoms with Gasteiger partial charge in [0.05, 0.1) is 27.1 Å². The topological polar surface area (TPSA) is 95.7 Å². The highest BCUT2D eigenvalue weighted by atomic mass is 35.5. The summed E-state index contributed by atoms with van der Waals surface area (Å²) >= 11 is 18.4. The number of aromatic nitrogens is 2. The lowest BCUT2D eigenvalue weighted by Crippen LogP contribution is -2.29. The molecule has 0 bridgehead atoms. The lowest BCUT2D eigenvalue weighted by Gasteiger charge is -2.19. The molecule has 2 aromatic rings. The average molecular weight is 477 g/mol. The van der Waals surface area contributed by atoms with Crippen molar-refractivity contribution in [3.63, 3.8) is 0 Å². The summed E-state index contributed by atoms with van der Waals surface area (Å²) in [4.78, 5) is 37.5. The van der Waals surface area contributed by atoms with Gasteiger partial charge in [0.1, 0.15) is 11.8 Å². The minimum absolute atomic E-state index is 0.0287. The van der Waals surface area contributed by atoms with E-state index in [4.69, 9.17) is 34.8 Å². The number of aryl methyl sites for hydroxylation is 1. The summed E-state index contributed by atoms with van der Waals surface area (Å²) < 4.78 is 1.22. The average Bonchev–Trinajstić information content (AvgIpc) is 2.96. The fourth-order valence-electron chi connectivity index (χ4n) is 3.32. The third kappa shape index (κ3) is 4.05. The van der Waals surface area contributed by atoms with Crippen LogP contribution in [0, 0.1) is 24.2 Å². The van der Waals surface area contributed by atoms with Gasteiger partial charge < -0.3 is 0 Å². The fraction of sp³-hybridized carbons (Fsp3) is 0.182. The molecule has 0 amide bonds. The minimum atomic E-state index is -0.918. The molecular weight excluding hydrogens is 461 g/mol. The summed E-state index contributed by atoms with van der Waals surface area (Å²) in [5.74, 6) is -1.76. The second-order valence-electron chi connectivity index (χ2n) is 7.01. The van der Waals surface area contributed by atoms with Crippen LogP contribution in [-0.2, 0) is 9.59 Å². The van der Waals surface area contributed by atoms with Crippen molar-refractivity contribution in [2.45, 2.75) is 20.8 Å². The first kappa shape index (κ1) is 22.8. The van der Waals surface area contributed by atoms with Crippen molar-refractivity contribution in [3.05, 3.63) is 77.7 Å². The van der Waals surface area contributed by atoms with E-state index >= 15 is 0 Å². The van der Waals surface area contributed by atoms with Crippen LogP contribution in [-0.4, -0.2) is 21.3 Å². The summed E-state index contributed by atoms with van der Waals surface area (Å²) in [6, 6.07) is 4.82. The lowest BCUT2D eigenvalue weighted by molar-refractivity contribution is -0.128. The number of halogens is 3. The van der Waals surface area contributed by atoms with Crippen LogP contribution in [0.15, 0.2) is 45.8 Å². The van der Waals surface area contributed by atoms with Gasteiger partial charge in [-0.25, -0.2) is 4.68 Å². The molecule has 0 saturated heterocycles. The number of rotatable bonds is 3. The van der Waals surface area contributed by atoms with E-state index in [1.165, 1.54) is 42.0 Å². The molecule has 1 aliphatic carbocycles. The molecule has 1 atom stereocenters. The van der Waals surface area contributed by atoms with E-state index in [0.29, 0.717) is 21.9 Å². The molecule has 0 radical (unpaired) electrons. The standard InChI is InChI=1S/C22H16Cl3N3O3/c1-10-14(20(29)11(2)21(30)16(10)9-26)5-4-6-15-12(3)27-28(22(15)31)19-17(24)7-13(23)8-18(19)25/h4-8,11,27H,1-3H3. The number of ketones is 2. The molecule has 0 aliphatic heterocycles. The molecule has 1 heterocycles. The first-order valence-electron chi connectivity index (χ1n) is 9.13. The highest BCUT2D eigenvalue weighted by Crippen LogP contribution is 2.31. The molecule has 0 spiro atoms. The normalized spacial score (nSPS) is 18.4. The van der Waals surface area contributed by atoms with E-state index < -0.39 is 17.3 Å². The molecule has 1 N–H and O–H groups in total. The maximum absolute atomic E-state index is 12.9. The summed E-state index contributed by atoms with van der Waals surface area (Å²) in [6.07, 6.45) is 4.56. The SMILES string of the molecule is CC1=C(C#N)C(=O)C(C)C(=O)C1=CC=Cc1c(C)[nH]n(-c2c(Cl)cc(Cl)cc2Cl)c1=O. The third-order valence-corrected chi connectivity index (χ3v) is 5.83. The number of nitrogens with one attached hydrogen (secondary N) is 1. The van der Waals surface area contributed by atoms with Crippen LogP contribution in [0.3, 0.4) is 0 Å². The lowest BCUT2D eigenvalue weighted by atomic mass is 9.80. The smallest absolute Gasteiger partial charge is 0.278 e. The summed E-state index contributed by atoms with van der Waals surface area (Å²) in [6.45, 7) is 4.73. The molecule has 0 fully saturated rings. The van der Waals surface area contributed by atoms with Crippen molar-refractivity contribution in [2.24, 2.45) is 5.92 Å². The highest BCUT2D eigenvalue weighted by Gasteiger charge is 2.34. The zero-order valence-electron chi connectivity index (χ0n) is 16.7. The number of nitriles is 1. The Kier molecular flexibility index (Phi) is 6.42. The van der Waals surface area contributed by atoms with Crippen molar-refractivity contribution in [1.82, 2.24) is 9.78 Å². The second kappa shape index (κ2) is 8.72. The van der Waals surface area contributed by atoms with Crippen LogP contribution in [0.2, 0.25) is 15.1 Å². The predicted molar refractivity (Wildman–Crippen MR) is 121 cm³/mol. The number of hydrogen-bond donors (Lipinski definition) is 1. The maximum atomic E-state index is 12.9. The maximum Gasteiger partial charge on any atom is 0.278 e. The minimum Gasteiger partial charge on any atom is -0.295 e. The van der Waals surface area contributed by atoms with Crippen molar-refractivity contribution in [1.29, 1.82) is 5.26 Å². The Hall–Kier alpha value is -2.85. The quantitative estimate of drug-likeness (QED) is 0.498. The molecule has 6 nitrogen and oxygen atoms in total. The molecular formula is C22H16Cl3N3O3. The van der Waals surface area contributed by atoms with Crippen LogP contribution in [0.1, 0.15) is 25.1 Å². The van der Waals surface area contributed by atoms with Gasteiger partial charge >= 0.3 is 0 Å². The van der Waals surface area contributed by atoms with Crippen molar-refractivity contribution in [2.75, 3.05) is 0 Å². The van der Waals surface area contributed by atoms with E-state index in [2.05, 4.69) is 5.10 Å². The number of H-pyrrole nitrogens is 1. The van der Waals surface area contributed by atoms with Crippen molar-refractivity contribution >= 4 is 52.4 Å². The first-order chi connectivity index (χ1) is 14.6. The molecule has 3 rings (SSSR count). The van der Waals surface area contributed by atoms with Crippen LogP contribution in [0.4, 0.5) is 0 Å². The number of carbonyl (C=O) groups excluding carboxylic acids is 2. The van der Waals surface area contributed by atoms with E-state index in [-0.39, 0.29) is 32.7 Å². The van der Waals surface area contributed by atoms with Gasteiger partial charge in [0.25, 0.3) is 5.56 Å². The summed E-state index contributed by atoms with van der Waals surface area (Å²) in [7, 11) is 0. The summed E-state index contributed by atoms with van der Waals surface area (Å²) in [5.41, 5.74) is 1.30. The Morgan fingerprint density at radius 2 is 1.71 bits per heavy atom. The Balaban J connectivity index is 2.05. The van der Waals surface area contributed by atoms with Gasteiger partial charge in [0, 0.05) is 16.3 Å². The fourth-order valence-corrected chi connectivity index (χ4v) is 4.31. The van der Waals surface area contributed by atoms with Crippen molar-refractivity contribution < 1.29 is 9.59 Å². The Bertz CT molecular complexity index is 1300. The van der Waals surface area contributed by atoms with E-state index in [9.17, 15) is 19.6 Å². The Morgan fingerprint density at radius 3 is 2.29 bits per heavy atom. The third-order valence-electron chi connectivity index (χ3n) is 5.04.